The van der Waals surface area contributed by atoms with Gasteiger partial charge in [-0.2, -0.15) is 0 Å². The van der Waals surface area contributed by atoms with Gasteiger partial charge in [-0.05, 0) is 52.9 Å². The van der Waals surface area contributed by atoms with E-state index in [1.807, 2.05) is 12.1 Å². The predicted octanol–water partition coefficient (Wildman–Crippen LogP) is 3.41. The number of nitrogens with one attached hydrogen (secondary N) is 1. The van der Waals surface area contributed by atoms with Crippen LogP contribution < -0.4 is 15.8 Å². The van der Waals surface area contributed by atoms with Crippen molar-refractivity contribution in [2.24, 2.45) is 17.6 Å². The van der Waals surface area contributed by atoms with Crippen molar-refractivity contribution < 1.29 is 9.53 Å². The van der Waals surface area contributed by atoms with Crippen molar-refractivity contribution in [2.75, 3.05) is 19.0 Å². The normalized spacial score (nSPS) is 12.3. The Kier molecular flexibility index (Phi) is 7.02. The van der Waals surface area contributed by atoms with E-state index in [1.165, 1.54) is 0 Å². The van der Waals surface area contributed by atoms with E-state index in [2.05, 4.69) is 35.1 Å². The molecule has 0 saturated heterocycles. The third-order valence-electron chi connectivity index (χ3n) is 3.06. The number of methoxy groups -OCH3 is 1. The molecule has 0 unspecified atom stereocenters. The molecule has 1 atom stereocenters. The molecule has 0 radical (unpaired) electrons. The standard InChI is InChI=1S/C15H23BrN2O2/c1-10(2)6-11(9-17)7-15(19)18-14-8-12(20-3)4-5-13(14)16/h4-5,8,10-11H,6-7,9,17H2,1-3H3,(H,18,19)/t11-/m0/s1. The first-order valence-electron chi connectivity index (χ1n) is 6.79. The SMILES string of the molecule is COc1ccc(Br)c(NC(=O)C[C@@H](CN)CC(C)C)c1. The van der Waals surface area contributed by atoms with Crippen LogP contribution in [0, 0.1) is 11.8 Å². The van der Waals surface area contributed by atoms with E-state index in [-0.39, 0.29) is 11.8 Å². The lowest BCUT2D eigenvalue weighted by atomic mass is 9.94. The number of rotatable bonds is 7. The number of halogens is 1. The van der Waals surface area contributed by atoms with Gasteiger partial charge >= 0.3 is 0 Å². The summed E-state index contributed by atoms with van der Waals surface area (Å²) in [6, 6.07) is 5.48. The highest BCUT2D eigenvalue weighted by molar-refractivity contribution is 9.10. The third kappa shape index (κ3) is 5.51. The van der Waals surface area contributed by atoms with Crippen molar-refractivity contribution in [3.8, 4) is 5.75 Å². The lowest BCUT2D eigenvalue weighted by Gasteiger charge is -2.17. The second-order valence-corrected chi connectivity index (χ2v) is 6.18. The average molecular weight is 343 g/mol. The number of ether oxygens (including phenoxy) is 1. The number of hydrogen-bond acceptors (Lipinski definition) is 3. The van der Waals surface area contributed by atoms with Gasteiger partial charge in [-0.25, -0.2) is 0 Å². The van der Waals surface area contributed by atoms with Gasteiger partial charge in [-0.1, -0.05) is 13.8 Å². The van der Waals surface area contributed by atoms with Crippen LogP contribution in [-0.4, -0.2) is 19.6 Å². The van der Waals surface area contributed by atoms with Crippen LogP contribution in [0.4, 0.5) is 5.69 Å². The molecule has 0 heterocycles. The van der Waals surface area contributed by atoms with E-state index in [4.69, 9.17) is 10.5 Å². The quantitative estimate of drug-likeness (QED) is 0.797. The van der Waals surface area contributed by atoms with Gasteiger partial charge in [0, 0.05) is 17.0 Å². The maximum atomic E-state index is 12.1. The number of anilines is 1. The van der Waals surface area contributed by atoms with E-state index in [9.17, 15) is 4.79 Å². The van der Waals surface area contributed by atoms with Gasteiger partial charge < -0.3 is 15.8 Å². The highest BCUT2D eigenvalue weighted by Crippen LogP contribution is 2.27. The van der Waals surface area contributed by atoms with Crippen LogP contribution in [0.3, 0.4) is 0 Å². The Morgan fingerprint density at radius 2 is 2.15 bits per heavy atom. The number of hydrogen-bond donors (Lipinski definition) is 2. The number of carbonyl (C=O) groups excluding carboxylic acids is 1. The maximum Gasteiger partial charge on any atom is 0.224 e. The van der Waals surface area contributed by atoms with E-state index in [0.29, 0.717) is 24.6 Å². The Morgan fingerprint density at radius 1 is 1.45 bits per heavy atom. The van der Waals surface area contributed by atoms with Gasteiger partial charge in [0.2, 0.25) is 5.91 Å². The fourth-order valence-corrected chi connectivity index (χ4v) is 2.47. The number of carbonyl (C=O) groups is 1. The lowest BCUT2D eigenvalue weighted by Crippen LogP contribution is -2.23. The molecule has 0 aliphatic carbocycles. The summed E-state index contributed by atoms with van der Waals surface area (Å²) in [5.74, 6) is 1.45. The van der Waals surface area contributed by atoms with Crippen LogP contribution in [0.1, 0.15) is 26.7 Å². The summed E-state index contributed by atoms with van der Waals surface area (Å²) < 4.78 is 5.99. The molecule has 112 valence electrons. The second kappa shape index (κ2) is 8.27. The average Bonchev–Trinajstić information content (AvgIpc) is 2.40. The zero-order valence-electron chi connectivity index (χ0n) is 12.3. The molecule has 4 nitrogen and oxygen atoms in total. The minimum absolute atomic E-state index is 0.0185. The molecule has 20 heavy (non-hydrogen) atoms. The summed E-state index contributed by atoms with van der Waals surface area (Å²) in [7, 11) is 1.60. The maximum absolute atomic E-state index is 12.1. The molecular formula is C15H23BrN2O2. The zero-order valence-corrected chi connectivity index (χ0v) is 13.9. The molecule has 0 saturated carbocycles. The van der Waals surface area contributed by atoms with Gasteiger partial charge in [0.1, 0.15) is 5.75 Å². The van der Waals surface area contributed by atoms with Crippen LogP contribution >= 0.6 is 15.9 Å². The fourth-order valence-electron chi connectivity index (χ4n) is 2.12. The Morgan fingerprint density at radius 3 is 2.70 bits per heavy atom. The van der Waals surface area contributed by atoms with Crippen molar-refractivity contribution in [3.63, 3.8) is 0 Å². The van der Waals surface area contributed by atoms with Crippen molar-refractivity contribution >= 4 is 27.5 Å². The summed E-state index contributed by atoms with van der Waals surface area (Å²) in [6.45, 7) is 4.81. The Bertz CT molecular complexity index is 449. The van der Waals surface area contributed by atoms with Crippen molar-refractivity contribution in [3.05, 3.63) is 22.7 Å². The monoisotopic (exact) mass is 342 g/mol. The summed E-state index contributed by atoms with van der Waals surface area (Å²) in [4.78, 5) is 12.1. The second-order valence-electron chi connectivity index (χ2n) is 5.33. The van der Waals surface area contributed by atoms with E-state index >= 15 is 0 Å². The van der Waals surface area contributed by atoms with Crippen LogP contribution in [0.5, 0.6) is 5.75 Å². The molecule has 0 aromatic heterocycles. The van der Waals surface area contributed by atoms with Crippen molar-refractivity contribution in [1.82, 2.24) is 0 Å². The molecular weight excluding hydrogens is 320 g/mol. The summed E-state index contributed by atoms with van der Waals surface area (Å²) in [5, 5.41) is 2.90. The predicted molar refractivity (Wildman–Crippen MR) is 85.9 cm³/mol. The van der Waals surface area contributed by atoms with Gasteiger partial charge in [-0.15, -0.1) is 0 Å². The molecule has 0 spiro atoms. The minimum Gasteiger partial charge on any atom is -0.497 e. The smallest absolute Gasteiger partial charge is 0.224 e. The molecule has 3 N–H and O–H groups in total. The van der Waals surface area contributed by atoms with E-state index < -0.39 is 0 Å². The largest absolute Gasteiger partial charge is 0.497 e. The van der Waals surface area contributed by atoms with E-state index in [0.717, 1.165) is 16.6 Å². The van der Waals surface area contributed by atoms with Gasteiger partial charge in [0.05, 0.1) is 12.8 Å². The van der Waals surface area contributed by atoms with Crippen LogP contribution in [-0.2, 0) is 4.79 Å². The van der Waals surface area contributed by atoms with Gasteiger partial charge in [0.25, 0.3) is 0 Å². The summed E-state index contributed by atoms with van der Waals surface area (Å²) in [5.41, 5.74) is 6.45. The minimum atomic E-state index is -0.0185. The van der Waals surface area contributed by atoms with Gasteiger partial charge in [0.15, 0.2) is 0 Å². The van der Waals surface area contributed by atoms with Crippen LogP contribution in [0.25, 0.3) is 0 Å². The summed E-state index contributed by atoms with van der Waals surface area (Å²) in [6.07, 6.45) is 1.40. The highest BCUT2D eigenvalue weighted by Gasteiger charge is 2.15. The van der Waals surface area contributed by atoms with Crippen LogP contribution in [0.2, 0.25) is 0 Å². The van der Waals surface area contributed by atoms with Crippen LogP contribution in [0.15, 0.2) is 22.7 Å². The Hall–Kier alpha value is -1.07. The first-order valence-corrected chi connectivity index (χ1v) is 7.59. The first-order chi connectivity index (χ1) is 9.46. The molecule has 5 heteroatoms. The van der Waals surface area contributed by atoms with Crippen molar-refractivity contribution in [2.45, 2.75) is 26.7 Å². The molecule has 0 aliphatic heterocycles. The topological polar surface area (TPSA) is 64.3 Å². The number of amides is 1. The number of benzene rings is 1. The lowest BCUT2D eigenvalue weighted by molar-refractivity contribution is -0.117. The number of nitrogens with two attached hydrogens (primary N) is 1. The molecule has 0 aliphatic rings. The van der Waals surface area contributed by atoms with Crippen molar-refractivity contribution in [1.29, 1.82) is 0 Å². The molecule has 0 bridgehead atoms. The van der Waals surface area contributed by atoms with Gasteiger partial charge in [-0.3, -0.25) is 4.79 Å². The highest BCUT2D eigenvalue weighted by atomic mass is 79.9. The molecule has 1 aromatic carbocycles. The molecule has 0 fully saturated rings. The Balaban J connectivity index is 2.65. The molecule has 1 rings (SSSR count). The first kappa shape index (κ1) is 17.0. The third-order valence-corrected chi connectivity index (χ3v) is 3.75. The zero-order chi connectivity index (χ0) is 15.1. The molecule has 1 amide bonds. The van der Waals surface area contributed by atoms with E-state index in [1.54, 1.807) is 13.2 Å². The summed E-state index contributed by atoms with van der Waals surface area (Å²) >= 11 is 3.42. The molecule has 1 aromatic rings. The Labute approximate surface area is 129 Å². The fraction of sp³-hybridized carbons (Fsp3) is 0.533.